The minimum absolute atomic E-state index is 0.0940. The molecule has 1 heterocycles. The number of rotatable bonds is 8. The fourth-order valence-corrected chi connectivity index (χ4v) is 3.26. The highest BCUT2D eigenvalue weighted by molar-refractivity contribution is 8.01. The molecule has 10 heteroatoms. The summed E-state index contributed by atoms with van der Waals surface area (Å²) in [6.07, 6.45) is 0.811. The normalized spacial score (nSPS) is 10.2. The van der Waals surface area contributed by atoms with Crippen LogP contribution in [0, 0.1) is 0 Å². The Kier molecular flexibility index (Phi) is 7.48. The molecule has 0 atom stereocenters. The van der Waals surface area contributed by atoms with Crippen LogP contribution in [0.15, 0.2) is 28.6 Å². The third-order valence-corrected chi connectivity index (χ3v) is 4.84. The molecule has 0 aliphatic rings. The van der Waals surface area contributed by atoms with E-state index in [4.69, 9.17) is 4.74 Å². The van der Waals surface area contributed by atoms with Crippen LogP contribution in [0.1, 0.15) is 13.3 Å². The zero-order valence-electron chi connectivity index (χ0n) is 13.9. The van der Waals surface area contributed by atoms with Gasteiger partial charge in [0.05, 0.1) is 12.9 Å². The molecule has 0 spiro atoms. The van der Waals surface area contributed by atoms with Gasteiger partial charge in [-0.05, 0) is 30.7 Å². The second-order valence-corrected chi connectivity index (χ2v) is 7.02. The number of anilines is 2. The van der Waals surface area contributed by atoms with Crippen molar-refractivity contribution < 1.29 is 14.3 Å². The van der Waals surface area contributed by atoms with E-state index in [1.54, 1.807) is 7.11 Å². The van der Waals surface area contributed by atoms with Crippen LogP contribution < -0.4 is 20.7 Å². The molecule has 1 aromatic carbocycles. The van der Waals surface area contributed by atoms with Crippen molar-refractivity contribution >= 4 is 45.9 Å². The van der Waals surface area contributed by atoms with Gasteiger partial charge in [-0.3, -0.25) is 10.1 Å². The minimum Gasteiger partial charge on any atom is -0.497 e. The van der Waals surface area contributed by atoms with E-state index in [0.717, 1.165) is 17.9 Å². The monoisotopic (exact) mass is 381 g/mol. The van der Waals surface area contributed by atoms with E-state index in [-0.39, 0.29) is 11.7 Å². The molecule has 0 saturated heterocycles. The van der Waals surface area contributed by atoms with Crippen LogP contribution in [0.5, 0.6) is 5.75 Å². The van der Waals surface area contributed by atoms with Gasteiger partial charge in [0.1, 0.15) is 5.75 Å². The quantitative estimate of drug-likeness (QED) is 0.604. The smallest absolute Gasteiger partial charge is 0.321 e. The lowest BCUT2D eigenvalue weighted by Gasteiger charge is -2.04. The van der Waals surface area contributed by atoms with E-state index >= 15 is 0 Å². The fraction of sp³-hybridized carbons (Fsp3) is 0.333. The van der Waals surface area contributed by atoms with Crippen molar-refractivity contribution in [1.29, 1.82) is 0 Å². The van der Waals surface area contributed by atoms with E-state index in [1.807, 2.05) is 31.2 Å². The van der Waals surface area contributed by atoms with Crippen LogP contribution in [-0.4, -0.2) is 41.5 Å². The molecule has 0 radical (unpaired) electrons. The molecule has 2 rings (SSSR count). The molecule has 1 aromatic heterocycles. The van der Waals surface area contributed by atoms with Crippen molar-refractivity contribution in [1.82, 2.24) is 20.8 Å². The molecule has 134 valence electrons. The number of methoxy groups -OCH3 is 1. The average molecular weight is 381 g/mol. The zero-order chi connectivity index (χ0) is 18.1. The number of imide groups is 1. The summed E-state index contributed by atoms with van der Waals surface area (Å²) in [6, 6.07) is 6.94. The predicted octanol–water partition coefficient (Wildman–Crippen LogP) is 2.62. The van der Waals surface area contributed by atoms with Gasteiger partial charge < -0.3 is 15.4 Å². The largest absolute Gasteiger partial charge is 0.497 e. The SMILES string of the molecule is CCCNC(=O)NC(=O)CSc1nnc(Nc2ccc(OC)cc2)s1. The first-order valence-corrected chi connectivity index (χ1v) is 9.36. The van der Waals surface area contributed by atoms with Gasteiger partial charge in [0, 0.05) is 12.2 Å². The van der Waals surface area contributed by atoms with Crippen LogP contribution in [0.3, 0.4) is 0 Å². The molecule has 3 amide bonds. The van der Waals surface area contributed by atoms with E-state index < -0.39 is 6.03 Å². The molecule has 0 aliphatic carbocycles. The Morgan fingerprint density at radius 2 is 2.00 bits per heavy atom. The number of carbonyl (C=O) groups is 2. The standard InChI is InChI=1S/C15H19N5O3S2/c1-3-8-16-13(22)18-12(21)9-24-15-20-19-14(25-15)17-10-4-6-11(23-2)7-5-10/h4-7H,3,8-9H2,1-2H3,(H,17,19)(H2,16,18,21,22). The second-order valence-electron chi connectivity index (χ2n) is 4.82. The first-order chi connectivity index (χ1) is 12.1. The summed E-state index contributed by atoms with van der Waals surface area (Å²) >= 11 is 2.55. The van der Waals surface area contributed by atoms with Gasteiger partial charge in [0.15, 0.2) is 4.34 Å². The fourth-order valence-electron chi connectivity index (χ4n) is 1.69. The number of hydrogen-bond acceptors (Lipinski definition) is 8. The molecule has 0 fully saturated rings. The number of thioether (sulfide) groups is 1. The van der Waals surface area contributed by atoms with E-state index in [2.05, 4.69) is 26.1 Å². The highest BCUT2D eigenvalue weighted by Crippen LogP contribution is 2.28. The maximum absolute atomic E-state index is 11.7. The maximum Gasteiger partial charge on any atom is 0.321 e. The highest BCUT2D eigenvalue weighted by atomic mass is 32.2. The van der Waals surface area contributed by atoms with Crippen molar-refractivity contribution in [2.75, 3.05) is 24.7 Å². The first-order valence-electron chi connectivity index (χ1n) is 7.55. The Morgan fingerprint density at radius 1 is 1.24 bits per heavy atom. The molecule has 2 aromatic rings. The summed E-state index contributed by atoms with van der Waals surface area (Å²) in [6.45, 7) is 2.47. The highest BCUT2D eigenvalue weighted by Gasteiger charge is 2.10. The van der Waals surface area contributed by atoms with E-state index in [0.29, 0.717) is 16.0 Å². The third-order valence-electron chi connectivity index (χ3n) is 2.86. The lowest BCUT2D eigenvalue weighted by molar-refractivity contribution is -0.117. The van der Waals surface area contributed by atoms with Crippen LogP contribution in [-0.2, 0) is 4.79 Å². The van der Waals surface area contributed by atoms with E-state index in [1.165, 1.54) is 23.1 Å². The molecule has 0 aliphatic heterocycles. The Balaban J connectivity index is 1.78. The number of carbonyl (C=O) groups excluding carboxylic acids is 2. The number of aromatic nitrogens is 2. The summed E-state index contributed by atoms with van der Waals surface area (Å²) in [5.74, 6) is 0.489. The molecular weight excluding hydrogens is 362 g/mol. The lowest BCUT2D eigenvalue weighted by Crippen LogP contribution is -2.40. The zero-order valence-corrected chi connectivity index (χ0v) is 15.5. The maximum atomic E-state index is 11.7. The molecule has 0 unspecified atom stereocenters. The topological polar surface area (TPSA) is 105 Å². The summed E-state index contributed by atoms with van der Waals surface area (Å²) < 4.78 is 5.74. The molecule has 0 saturated carbocycles. The van der Waals surface area contributed by atoms with Gasteiger partial charge in [0.2, 0.25) is 11.0 Å². The Morgan fingerprint density at radius 3 is 2.68 bits per heavy atom. The van der Waals surface area contributed by atoms with Gasteiger partial charge in [-0.15, -0.1) is 10.2 Å². The Labute approximate surface area is 153 Å². The van der Waals surface area contributed by atoms with Gasteiger partial charge >= 0.3 is 6.03 Å². The van der Waals surface area contributed by atoms with Crippen molar-refractivity contribution in [2.24, 2.45) is 0 Å². The van der Waals surface area contributed by atoms with Crippen LogP contribution in [0.2, 0.25) is 0 Å². The van der Waals surface area contributed by atoms with Gasteiger partial charge in [-0.1, -0.05) is 30.0 Å². The second kappa shape index (κ2) is 9.84. The van der Waals surface area contributed by atoms with Crippen LogP contribution in [0.25, 0.3) is 0 Å². The van der Waals surface area contributed by atoms with Crippen molar-refractivity contribution in [3.63, 3.8) is 0 Å². The predicted molar refractivity (Wildman–Crippen MR) is 98.7 cm³/mol. The molecule has 8 nitrogen and oxygen atoms in total. The molecule has 3 N–H and O–H groups in total. The van der Waals surface area contributed by atoms with Crippen molar-refractivity contribution in [3.05, 3.63) is 24.3 Å². The Hall–Kier alpha value is -2.33. The van der Waals surface area contributed by atoms with Crippen molar-refractivity contribution in [2.45, 2.75) is 17.7 Å². The number of urea groups is 1. The van der Waals surface area contributed by atoms with Crippen molar-refractivity contribution in [3.8, 4) is 5.75 Å². The number of nitrogens with zero attached hydrogens (tertiary/aromatic N) is 2. The van der Waals surface area contributed by atoms with Crippen LogP contribution >= 0.6 is 23.1 Å². The van der Waals surface area contributed by atoms with E-state index in [9.17, 15) is 9.59 Å². The molecular formula is C15H19N5O3S2. The lowest BCUT2D eigenvalue weighted by atomic mass is 10.3. The first kappa shape index (κ1) is 19.0. The molecule has 25 heavy (non-hydrogen) atoms. The van der Waals surface area contributed by atoms with Gasteiger partial charge in [-0.25, -0.2) is 4.79 Å². The summed E-state index contributed by atoms with van der Waals surface area (Å²) in [5, 5.41) is 16.6. The van der Waals surface area contributed by atoms with Gasteiger partial charge in [-0.2, -0.15) is 0 Å². The summed E-state index contributed by atoms with van der Waals surface area (Å²) in [4.78, 5) is 23.1. The molecule has 0 bridgehead atoms. The summed E-state index contributed by atoms with van der Waals surface area (Å²) in [7, 11) is 1.61. The number of hydrogen-bond donors (Lipinski definition) is 3. The van der Waals surface area contributed by atoms with Gasteiger partial charge in [0.25, 0.3) is 0 Å². The minimum atomic E-state index is -0.480. The number of benzene rings is 1. The third kappa shape index (κ3) is 6.59. The Bertz CT molecular complexity index is 705. The average Bonchev–Trinajstić information content (AvgIpc) is 3.06. The number of amides is 3. The number of nitrogens with one attached hydrogen (secondary N) is 3. The van der Waals surface area contributed by atoms with Crippen LogP contribution in [0.4, 0.5) is 15.6 Å². The summed E-state index contributed by atoms with van der Waals surface area (Å²) in [5.41, 5.74) is 0.860. The number of ether oxygens (including phenoxy) is 1.